The minimum Gasteiger partial charge on any atom is -0.369 e. The number of amides is 2. The maximum Gasteiger partial charge on any atom is 0.234 e. The first-order valence-corrected chi connectivity index (χ1v) is 4.73. The van der Waals surface area contributed by atoms with Gasteiger partial charge in [0.1, 0.15) is 0 Å². The van der Waals surface area contributed by atoms with E-state index in [2.05, 4.69) is 10.6 Å². The van der Waals surface area contributed by atoms with E-state index in [4.69, 9.17) is 5.73 Å². The highest BCUT2D eigenvalue weighted by molar-refractivity contribution is 5.78. The molecule has 0 aliphatic carbocycles. The largest absolute Gasteiger partial charge is 0.369 e. The lowest BCUT2D eigenvalue weighted by Crippen LogP contribution is -2.40. The molecule has 0 aromatic heterocycles. The molecule has 0 aromatic carbocycles. The number of primary amides is 1. The fraction of sp³-hybridized carbons (Fsp3) is 0.778. The average molecular weight is 201 g/mol. The first-order chi connectivity index (χ1) is 6.43. The molecule has 0 heterocycles. The highest BCUT2D eigenvalue weighted by Gasteiger charge is 2.08. The normalized spacial score (nSPS) is 12.6. The van der Waals surface area contributed by atoms with E-state index in [9.17, 15) is 9.59 Å². The lowest BCUT2D eigenvalue weighted by molar-refractivity contribution is -0.123. The Hall–Kier alpha value is -1.10. The molecule has 0 spiro atoms. The molecular formula is C9H19N3O2. The maximum atomic E-state index is 11.1. The molecule has 0 saturated carbocycles. The van der Waals surface area contributed by atoms with Gasteiger partial charge in [-0.3, -0.25) is 9.59 Å². The summed E-state index contributed by atoms with van der Waals surface area (Å²) in [7, 11) is 0. The van der Waals surface area contributed by atoms with E-state index in [0.717, 1.165) is 0 Å². The highest BCUT2D eigenvalue weighted by Crippen LogP contribution is 1.88. The summed E-state index contributed by atoms with van der Waals surface area (Å²) in [6.07, 6.45) is 0. The van der Waals surface area contributed by atoms with E-state index in [0.29, 0.717) is 6.54 Å². The van der Waals surface area contributed by atoms with Crippen LogP contribution in [-0.4, -0.2) is 30.9 Å². The summed E-state index contributed by atoms with van der Waals surface area (Å²) in [5.41, 5.74) is 5.05. The fourth-order valence-corrected chi connectivity index (χ4v) is 0.876. The summed E-state index contributed by atoms with van der Waals surface area (Å²) in [4.78, 5) is 21.7. The molecule has 0 radical (unpaired) electrons. The molecule has 1 unspecified atom stereocenters. The summed E-state index contributed by atoms with van der Waals surface area (Å²) in [6.45, 7) is 6.15. The van der Waals surface area contributed by atoms with Gasteiger partial charge in [0.2, 0.25) is 11.8 Å². The number of rotatable bonds is 6. The third kappa shape index (κ3) is 6.42. The second-order valence-electron chi connectivity index (χ2n) is 3.66. The zero-order chi connectivity index (χ0) is 11.1. The van der Waals surface area contributed by atoms with Crippen LogP contribution in [0.2, 0.25) is 0 Å². The standard InChI is InChI=1S/C9H19N3O2/c1-6(2)12-8(13)5-11-4-7(3)9(10)14/h6-7,11H,4-5H2,1-3H3,(H2,10,14)(H,12,13). The minimum atomic E-state index is -0.359. The van der Waals surface area contributed by atoms with E-state index in [1.807, 2.05) is 13.8 Å². The molecule has 0 bridgehead atoms. The van der Waals surface area contributed by atoms with Crippen molar-refractivity contribution < 1.29 is 9.59 Å². The van der Waals surface area contributed by atoms with Gasteiger partial charge in [-0.25, -0.2) is 0 Å². The molecule has 5 nitrogen and oxygen atoms in total. The summed E-state index contributed by atoms with van der Waals surface area (Å²) >= 11 is 0. The second-order valence-corrected chi connectivity index (χ2v) is 3.66. The summed E-state index contributed by atoms with van der Waals surface area (Å²) in [5.74, 6) is -0.680. The first-order valence-electron chi connectivity index (χ1n) is 4.73. The van der Waals surface area contributed by atoms with Gasteiger partial charge >= 0.3 is 0 Å². The molecule has 2 amide bonds. The van der Waals surface area contributed by atoms with Crippen LogP contribution in [0.5, 0.6) is 0 Å². The number of nitrogens with two attached hydrogens (primary N) is 1. The quantitative estimate of drug-likeness (QED) is 0.527. The molecule has 0 aliphatic heterocycles. The van der Waals surface area contributed by atoms with Gasteiger partial charge in [-0.05, 0) is 13.8 Å². The predicted molar refractivity (Wildman–Crippen MR) is 54.5 cm³/mol. The molecule has 14 heavy (non-hydrogen) atoms. The monoisotopic (exact) mass is 201 g/mol. The smallest absolute Gasteiger partial charge is 0.234 e. The van der Waals surface area contributed by atoms with Gasteiger partial charge in [0.25, 0.3) is 0 Å². The molecule has 0 rings (SSSR count). The van der Waals surface area contributed by atoms with Crippen LogP contribution in [0.4, 0.5) is 0 Å². The Balaban J connectivity index is 3.54. The zero-order valence-corrected chi connectivity index (χ0v) is 8.96. The van der Waals surface area contributed by atoms with Crippen LogP contribution in [0.3, 0.4) is 0 Å². The molecule has 5 heteroatoms. The second kappa shape index (κ2) is 6.37. The van der Waals surface area contributed by atoms with Gasteiger partial charge in [0.15, 0.2) is 0 Å². The lowest BCUT2D eigenvalue weighted by atomic mass is 10.2. The van der Waals surface area contributed by atoms with Crippen molar-refractivity contribution >= 4 is 11.8 Å². The minimum absolute atomic E-state index is 0.0725. The Kier molecular flexibility index (Phi) is 5.87. The van der Waals surface area contributed by atoms with Crippen LogP contribution in [0, 0.1) is 5.92 Å². The van der Waals surface area contributed by atoms with Gasteiger partial charge in [0.05, 0.1) is 6.54 Å². The molecular weight excluding hydrogens is 182 g/mol. The van der Waals surface area contributed by atoms with Crippen LogP contribution in [-0.2, 0) is 9.59 Å². The van der Waals surface area contributed by atoms with Gasteiger partial charge in [-0.1, -0.05) is 6.92 Å². The number of nitrogens with one attached hydrogen (secondary N) is 2. The number of hydrogen-bond donors (Lipinski definition) is 3. The SMILES string of the molecule is CC(C)NC(=O)CNCC(C)C(N)=O. The van der Waals surface area contributed by atoms with E-state index < -0.39 is 0 Å². The number of carbonyl (C=O) groups excluding carboxylic acids is 2. The summed E-state index contributed by atoms with van der Waals surface area (Å²) in [5, 5.41) is 5.59. The summed E-state index contributed by atoms with van der Waals surface area (Å²) in [6, 6.07) is 0.137. The topological polar surface area (TPSA) is 84.2 Å². The zero-order valence-electron chi connectivity index (χ0n) is 8.96. The Labute approximate surface area is 84.4 Å². The fourth-order valence-electron chi connectivity index (χ4n) is 0.876. The third-order valence-corrected chi connectivity index (χ3v) is 1.67. The Morgan fingerprint density at radius 3 is 2.29 bits per heavy atom. The Bertz CT molecular complexity index is 204. The number of carbonyl (C=O) groups is 2. The van der Waals surface area contributed by atoms with E-state index in [1.54, 1.807) is 6.92 Å². The van der Waals surface area contributed by atoms with Crippen molar-refractivity contribution in [3.8, 4) is 0 Å². The van der Waals surface area contributed by atoms with Gasteiger partial charge < -0.3 is 16.4 Å². The lowest BCUT2D eigenvalue weighted by Gasteiger charge is -2.10. The van der Waals surface area contributed by atoms with Crippen molar-refractivity contribution in [3.05, 3.63) is 0 Å². The maximum absolute atomic E-state index is 11.1. The molecule has 0 saturated heterocycles. The average Bonchev–Trinajstić information content (AvgIpc) is 2.02. The molecule has 82 valence electrons. The van der Waals surface area contributed by atoms with Crippen molar-refractivity contribution in [2.75, 3.05) is 13.1 Å². The Morgan fingerprint density at radius 1 is 1.29 bits per heavy atom. The van der Waals surface area contributed by atoms with Gasteiger partial charge in [0, 0.05) is 18.5 Å². The highest BCUT2D eigenvalue weighted by atomic mass is 16.2. The predicted octanol–water partition coefficient (Wildman–Crippen LogP) is -0.778. The third-order valence-electron chi connectivity index (χ3n) is 1.67. The van der Waals surface area contributed by atoms with Crippen molar-refractivity contribution in [2.45, 2.75) is 26.8 Å². The van der Waals surface area contributed by atoms with Gasteiger partial charge in [-0.15, -0.1) is 0 Å². The Morgan fingerprint density at radius 2 is 1.86 bits per heavy atom. The van der Waals surface area contributed by atoms with Crippen LogP contribution < -0.4 is 16.4 Å². The van der Waals surface area contributed by atoms with Gasteiger partial charge in [-0.2, -0.15) is 0 Å². The van der Waals surface area contributed by atoms with Crippen molar-refractivity contribution in [1.29, 1.82) is 0 Å². The number of hydrogen-bond acceptors (Lipinski definition) is 3. The van der Waals surface area contributed by atoms with Crippen LogP contribution in [0.1, 0.15) is 20.8 Å². The molecule has 0 aromatic rings. The molecule has 0 aliphatic rings. The van der Waals surface area contributed by atoms with E-state index in [1.165, 1.54) is 0 Å². The summed E-state index contributed by atoms with van der Waals surface area (Å²) < 4.78 is 0. The molecule has 0 fully saturated rings. The van der Waals surface area contributed by atoms with Crippen LogP contribution in [0.25, 0.3) is 0 Å². The molecule has 1 atom stereocenters. The van der Waals surface area contributed by atoms with Crippen molar-refractivity contribution in [2.24, 2.45) is 11.7 Å². The van der Waals surface area contributed by atoms with E-state index in [-0.39, 0.29) is 30.3 Å². The van der Waals surface area contributed by atoms with Crippen LogP contribution >= 0.6 is 0 Å². The molecule has 4 N–H and O–H groups in total. The van der Waals surface area contributed by atoms with E-state index >= 15 is 0 Å². The van der Waals surface area contributed by atoms with Crippen molar-refractivity contribution in [1.82, 2.24) is 10.6 Å². The first kappa shape index (κ1) is 12.9. The van der Waals surface area contributed by atoms with Crippen LogP contribution in [0.15, 0.2) is 0 Å². The van der Waals surface area contributed by atoms with Crippen molar-refractivity contribution in [3.63, 3.8) is 0 Å².